The molecule has 3 heterocycles. The quantitative estimate of drug-likeness (QED) is 0.450. The van der Waals surface area contributed by atoms with E-state index < -0.39 is 0 Å². The number of amides is 2. The second-order valence-corrected chi connectivity index (χ2v) is 9.31. The summed E-state index contributed by atoms with van der Waals surface area (Å²) in [4.78, 5) is 29.1. The Bertz CT molecular complexity index is 1130. The van der Waals surface area contributed by atoms with Crippen molar-refractivity contribution in [2.24, 2.45) is 0 Å². The van der Waals surface area contributed by atoms with Gasteiger partial charge in [-0.2, -0.15) is 0 Å². The van der Waals surface area contributed by atoms with Gasteiger partial charge in [-0.25, -0.2) is 4.98 Å². The van der Waals surface area contributed by atoms with Crippen LogP contribution in [0.15, 0.2) is 53.2 Å². The molecule has 9 nitrogen and oxygen atoms in total. The molecule has 4 rings (SSSR count). The lowest BCUT2D eigenvalue weighted by Gasteiger charge is -2.12. The zero-order valence-corrected chi connectivity index (χ0v) is 20.8. The van der Waals surface area contributed by atoms with Crippen molar-refractivity contribution in [3.8, 4) is 5.75 Å². The number of halogens is 1. The highest BCUT2D eigenvalue weighted by atomic mass is 35.5. The lowest BCUT2D eigenvalue weighted by atomic mass is 9.93. The number of carbonyl (C=O) groups is 2. The van der Waals surface area contributed by atoms with Crippen LogP contribution < -0.4 is 20.7 Å². The van der Waals surface area contributed by atoms with E-state index in [1.54, 1.807) is 48.7 Å². The molecule has 1 unspecified atom stereocenters. The fourth-order valence-electron chi connectivity index (χ4n) is 3.47. The Morgan fingerprint density at radius 1 is 1.14 bits per heavy atom. The van der Waals surface area contributed by atoms with Crippen molar-refractivity contribution in [1.82, 2.24) is 15.5 Å². The number of carbonyl (C=O) groups excluding carboxylic acids is 2. The molecule has 0 radical (unpaired) electrons. The Labute approximate surface area is 210 Å². The van der Waals surface area contributed by atoms with Crippen LogP contribution in [-0.4, -0.2) is 41.1 Å². The molecular formula is C25H30ClN5O4. The lowest BCUT2D eigenvalue weighted by Crippen LogP contribution is -2.20. The van der Waals surface area contributed by atoms with Gasteiger partial charge in [-0.05, 0) is 42.8 Å². The minimum Gasteiger partial charge on any atom is -0.487 e. The van der Waals surface area contributed by atoms with Crippen LogP contribution in [0, 0.1) is 0 Å². The van der Waals surface area contributed by atoms with Crippen LogP contribution in [-0.2, 0) is 16.6 Å². The fourth-order valence-corrected chi connectivity index (χ4v) is 3.47. The van der Waals surface area contributed by atoms with Crippen LogP contribution in [0.1, 0.15) is 49.0 Å². The molecule has 1 atom stereocenters. The van der Waals surface area contributed by atoms with Crippen LogP contribution in [0.4, 0.5) is 11.5 Å². The summed E-state index contributed by atoms with van der Waals surface area (Å²) in [7, 11) is 0. The van der Waals surface area contributed by atoms with Crippen LogP contribution in [0.25, 0.3) is 0 Å². The Balaban J connectivity index is 0.00000342. The van der Waals surface area contributed by atoms with E-state index in [1.807, 2.05) is 20.8 Å². The van der Waals surface area contributed by atoms with Crippen molar-refractivity contribution in [3.63, 3.8) is 0 Å². The minimum atomic E-state index is -0.319. The number of ether oxygens (including phenoxy) is 1. The van der Waals surface area contributed by atoms with E-state index in [-0.39, 0.29) is 42.2 Å². The number of rotatable bonds is 7. The molecule has 0 aliphatic carbocycles. The first-order valence-electron chi connectivity index (χ1n) is 11.3. The van der Waals surface area contributed by atoms with E-state index in [0.29, 0.717) is 28.7 Å². The van der Waals surface area contributed by atoms with E-state index in [4.69, 9.17) is 9.26 Å². The van der Waals surface area contributed by atoms with Crippen molar-refractivity contribution < 1.29 is 18.8 Å². The minimum absolute atomic E-state index is 0. The smallest absolute Gasteiger partial charge is 0.274 e. The third-order valence-electron chi connectivity index (χ3n) is 5.38. The maximum Gasteiger partial charge on any atom is 0.274 e. The van der Waals surface area contributed by atoms with Gasteiger partial charge in [0.05, 0.1) is 12.6 Å². The van der Waals surface area contributed by atoms with Crippen LogP contribution >= 0.6 is 12.4 Å². The molecule has 0 bridgehead atoms. The van der Waals surface area contributed by atoms with Gasteiger partial charge in [0.2, 0.25) is 5.91 Å². The SMILES string of the molecule is CC(C)(C)c1cc(NC(=O)Cc2ccc(NC(=O)c3ccc(OC4CCNC4)cn3)cc2)no1.Cl. The molecule has 3 aromatic rings. The standard InChI is InChI=1S/C25H29N5O4.ClH/c1-25(2,3)21-13-22(30-34-21)29-23(31)12-16-4-6-17(7-5-16)28-24(32)20-9-8-18(15-27-20)33-19-10-11-26-14-19;/h4-9,13,15,19,26H,10-12,14H2,1-3H3,(H,28,32)(H,29,30,31);1H. The summed E-state index contributed by atoms with van der Waals surface area (Å²) in [6.45, 7) is 7.79. The number of nitrogens with zero attached hydrogens (tertiary/aromatic N) is 2. The number of hydrogen-bond acceptors (Lipinski definition) is 7. The summed E-state index contributed by atoms with van der Waals surface area (Å²) >= 11 is 0. The molecule has 35 heavy (non-hydrogen) atoms. The molecule has 3 N–H and O–H groups in total. The van der Waals surface area contributed by atoms with Gasteiger partial charge in [-0.15, -0.1) is 12.4 Å². The van der Waals surface area contributed by atoms with Crippen LogP contribution in [0.3, 0.4) is 0 Å². The topological polar surface area (TPSA) is 118 Å². The van der Waals surface area contributed by atoms with Crippen molar-refractivity contribution in [2.75, 3.05) is 23.7 Å². The molecule has 0 saturated carbocycles. The molecule has 1 saturated heterocycles. The Morgan fingerprint density at radius 2 is 1.91 bits per heavy atom. The van der Waals surface area contributed by atoms with Gasteiger partial charge in [0.1, 0.15) is 23.3 Å². The van der Waals surface area contributed by atoms with Crippen LogP contribution in [0.5, 0.6) is 5.75 Å². The molecule has 0 spiro atoms. The average Bonchev–Trinajstić information content (AvgIpc) is 3.48. The molecule has 1 aliphatic heterocycles. The molecule has 10 heteroatoms. The summed E-state index contributed by atoms with van der Waals surface area (Å²) in [5.41, 5.74) is 1.52. The van der Waals surface area contributed by atoms with Gasteiger partial charge >= 0.3 is 0 Å². The zero-order valence-electron chi connectivity index (χ0n) is 20.0. The first-order valence-corrected chi connectivity index (χ1v) is 11.3. The highest BCUT2D eigenvalue weighted by Gasteiger charge is 2.20. The highest BCUT2D eigenvalue weighted by molar-refractivity contribution is 6.02. The van der Waals surface area contributed by atoms with Gasteiger partial charge in [0.25, 0.3) is 5.91 Å². The molecular weight excluding hydrogens is 470 g/mol. The van der Waals surface area contributed by atoms with Gasteiger partial charge in [0, 0.05) is 23.7 Å². The summed E-state index contributed by atoms with van der Waals surface area (Å²) in [6, 6.07) is 12.2. The maximum atomic E-state index is 12.5. The number of nitrogens with one attached hydrogen (secondary N) is 3. The maximum absolute atomic E-state index is 12.5. The number of pyridine rings is 1. The van der Waals surface area contributed by atoms with Crippen LogP contribution in [0.2, 0.25) is 0 Å². The average molecular weight is 500 g/mol. The van der Waals surface area contributed by atoms with Gasteiger partial charge in [-0.3, -0.25) is 9.59 Å². The summed E-state index contributed by atoms with van der Waals surface area (Å²) in [6.07, 6.45) is 2.83. The Kier molecular flexibility index (Phi) is 8.48. The van der Waals surface area contributed by atoms with Crippen molar-refractivity contribution >= 4 is 35.7 Å². The number of aromatic nitrogens is 2. The predicted octanol–water partition coefficient (Wildman–Crippen LogP) is 3.96. The van der Waals surface area contributed by atoms with Gasteiger partial charge < -0.3 is 25.2 Å². The first-order chi connectivity index (χ1) is 16.3. The first kappa shape index (κ1) is 26.2. The molecule has 2 amide bonds. The number of benzene rings is 1. The largest absolute Gasteiger partial charge is 0.487 e. The third kappa shape index (κ3) is 7.27. The third-order valence-corrected chi connectivity index (χ3v) is 5.38. The fraction of sp³-hybridized carbons (Fsp3) is 0.360. The number of anilines is 2. The molecule has 1 fully saturated rings. The molecule has 186 valence electrons. The molecule has 1 aromatic carbocycles. The lowest BCUT2D eigenvalue weighted by molar-refractivity contribution is -0.115. The van der Waals surface area contributed by atoms with Gasteiger partial charge in [0.15, 0.2) is 5.82 Å². The van der Waals surface area contributed by atoms with E-state index in [1.165, 1.54) is 0 Å². The van der Waals surface area contributed by atoms with Gasteiger partial charge in [-0.1, -0.05) is 38.1 Å². The van der Waals surface area contributed by atoms with E-state index >= 15 is 0 Å². The highest BCUT2D eigenvalue weighted by Crippen LogP contribution is 2.24. The van der Waals surface area contributed by atoms with Crippen molar-refractivity contribution in [3.05, 3.63) is 65.7 Å². The van der Waals surface area contributed by atoms with E-state index in [0.717, 1.165) is 25.1 Å². The summed E-state index contributed by atoms with van der Waals surface area (Å²) < 4.78 is 11.1. The monoisotopic (exact) mass is 499 g/mol. The van der Waals surface area contributed by atoms with Crippen molar-refractivity contribution in [1.29, 1.82) is 0 Å². The number of hydrogen-bond donors (Lipinski definition) is 3. The van der Waals surface area contributed by atoms with E-state index in [9.17, 15) is 9.59 Å². The second-order valence-electron chi connectivity index (χ2n) is 9.31. The summed E-state index contributed by atoms with van der Waals surface area (Å²) in [5.74, 6) is 1.21. The summed E-state index contributed by atoms with van der Waals surface area (Å²) in [5, 5.41) is 12.7. The molecule has 1 aliphatic rings. The van der Waals surface area contributed by atoms with Crippen molar-refractivity contribution in [2.45, 2.75) is 45.1 Å². The molecule has 2 aromatic heterocycles. The normalized spacial score (nSPS) is 15.2. The second kappa shape index (κ2) is 11.3. The Hall–Kier alpha value is -3.43. The van der Waals surface area contributed by atoms with E-state index in [2.05, 4.69) is 26.1 Å². The zero-order chi connectivity index (χ0) is 24.1. The predicted molar refractivity (Wildman–Crippen MR) is 135 cm³/mol. The Morgan fingerprint density at radius 3 is 2.51 bits per heavy atom.